The standard InChI is InChI=1S/C23H45N3O5/c1-15(2)11-12-25-21(29)17(20(24)28)14-19(27)18(13-16-9-7-6-8-10-16)26-22(30)31-23(3,4)5/h15-20,27-28H,6-14,24H2,1-5H3,(H,25,29)(H,26,30)/t17?,18-,19-,20?/m0/s1. The zero-order chi connectivity index (χ0) is 23.6. The third-order valence-electron chi connectivity index (χ3n) is 5.74. The molecule has 6 N–H and O–H groups in total. The molecule has 1 saturated carbocycles. The van der Waals surface area contributed by atoms with Gasteiger partial charge in [0.15, 0.2) is 0 Å². The summed E-state index contributed by atoms with van der Waals surface area (Å²) >= 11 is 0. The average molecular weight is 444 g/mol. The van der Waals surface area contributed by atoms with Crippen LogP contribution in [0, 0.1) is 17.8 Å². The van der Waals surface area contributed by atoms with Crippen molar-refractivity contribution in [2.24, 2.45) is 23.5 Å². The van der Waals surface area contributed by atoms with Gasteiger partial charge in [-0.2, -0.15) is 0 Å². The first-order valence-electron chi connectivity index (χ1n) is 11.8. The quantitative estimate of drug-likeness (QED) is 0.312. The van der Waals surface area contributed by atoms with Gasteiger partial charge in [-0.15, -0.1) is 0 Å². The minimum atomic E-state index is -1.40. The van der Waals surface area contributed by atoms with Gasteiger partial charge in [-0.05, 0) is 51.9 Å². The van der Waals surface area contributed by atoms with E-state index in [1.807, 2.05) is 0 Å². The Bertz CT molecular complexity index is 542. The second kappa shape index (κ2) is 13.2. The van der Waals surface area contributed by atoms with E-state index in [4.69, 9.17) is 10.5 Å². The van der Waals surface area contributed by atoms with Gasteiger partial charge in [0.05, 0.1) is 18.1 Å². The predicted molar refractivity (Wildman–Crippen MR) is 121 cm³/mol. The second-order valence-electron chi connectivity index (χ2n) is 10.4. The Hall–Kier alpha value is -1.38. The van der Waals surface area contributed by atoms with Crippen molar-refractivity contribution in [3.63, 3.8) is 0 Å². The molecule has 8 nitrogen and oxygen atoms in total. The van der Waals surface area contributed by atoms with Gasteiger partial charge < -0.3 is 31.3 Å². The van der Waals surface area contributed by atoms with E-state index < -0.39 is 36.0 Å². The minimum absolute atomic E-state index is 0.0433. The number of amides is 2. The van der Waals surface area contributed by atoms with Crippen molar-refractivity contribution in [1.29, 1.82) is 0 Å². The molecule has 0 aromatic heterocycles. The molecule has 31 heavy (non-hydrogen) atoms. The third-order valence-corrected chi connectivity index (χ3v) is 5.74. The van der Waals surface area contributed by atoms with Crippen LogP contribution >= 0.6 is 0 Å². The number of carbonyl (C=O) groups excluding carboxylic acids is 2. The first kappa shape index (κ1) is 27.7. The van der Waals surface area contributed by atoms with Crippen LogP contribution < -0.4 is 16.4 Å². The molecule has 0 radical (unpaired) electrons. The van der Waals surface area contributed by atoms with Crippen LogP contribution in [0.2, 0.25) is 0 Å². The fraction of sp³-hybridized carbons (Fsp3) is 0.913. The zero-order valence-corrected chi connectivity index (χ0v) is 20.0. The van der Waals surface area contributed by atoms with Crippen molar-refractivity contribution in [1.82, 2.24) is 10.6 Å². The molecule has 0 heterocycles. The van der Waals surface area contributed by atoms with Crippen LogP contribution in [0.3, 0.4) is 0 Å². The normalized spacial score (nSPS) is 19.4. The highest BCUT2D eigenvalue weighted by molar-refractivity contribution is 5.79. The lowest BCUT2D eigenvalue weighted by molar-refractivity contribution is -0.130. The van der Waals surface area contributed by atoms with Crippen LogP contribution in [0.5, 0.6) is 0 Å². The number of alkyl carbamates (subject to hydrolysis) is 1. The van der Waals surface area contributed by atoms with Gasteiger partial charge in [0.25, 0.3) is 0 Å². The number of carbonyl (C=O) groups is 2. The van der Waals surface area contributed by atoms with Crippen LogP contribution in [-0.4, -0.2) is 52.7 Å². The Labute approximate surface area is 187 Å². The molecule has 0 aromatic rings. The Kier molecular flexibility index (Phi) is 11.8. The van der Waals surface area contributed by atoms with Crippen molar-refractivity contribution in [3.8, 4) is 0 Å². The van der Waals surface area contributed by atoms with Crippen LogP contribution in [0.15, 0.2) is 0 Å². The molecule has 2 unspecified atom stereocenters. The van der Waals surface area contributed by atoms with Crippen molar-refractivity contribution in [2.45, 2.75) is 110 Å². The molecule has 0 aromatic carbocycles. The Morgan fingerprint density at radius 2 is 1.74 bits per heavy atom. The van der Waals surface area contributed by atoms with Gasteiger partial charge in [-0.3, -0.25) is 4.79 Å². The summed E-state index contributed by atoms with van der Waals surface area (Å²) in [5.41, 5.74) is 5.00. The molecule has 0 bridgehead atoms. The number of hydrogen-bond donors (Lipinski definition) is 5. The SMILES string of the molecule is CC(C)CCNC(=O)C(C[C@H](O)[C@H](CC1CCCCC1)NC(=O)OC(C)(C)C)C(N)O. The fourth-order valence-corrected chi connectivity index (χ4v) is 3.99. The molecule has 0 saturated heterocycles. The van der Waals surface area contributed by atoms with E-state index in [0.717, 1.165) is 32.1 Å². The van der Waals surface area contributed by atoms with Crippen molar-refractivity contribution in [2.75, 3.05) is 6.54 Å². The maximum Gasteiger partial charge on any atom is 0.407 e. The number of ether oxygens (including phenoxy) is 1. The molecule has 0 aliphatic heterocycles. The monoisotopic (exact) mass is 443 g/mol. The number of aliphatic hydroxyl groups is 2. The highest BCUT2D eigenvalue weighted by Gasteiger charge is 2.33. The minimum Gasteiger partial charge on any atom is -0.444 e. The first-order chi connectivity index (χ1) is 14.4. The predicted octanol–water partition coefficient (Wildman–Crippen LogP) is 2.66. The van der Waals surface area contributed by atoms with Crippen LogP contribution in [0.4, 0.5) is 4.79 Å². The van der Waals surface area contributed by atoms with Crippen molar-refractivity contribution in [3.05, 3.63) is 0 Å². The lowest BCUT2D eigenvalue weighted by atomic mass is 9.82. The van der Waals surface area contributed by atoms with Crippen molar-refractivity contribution >= 4 is 12.0 Å². The highest BCUT2D eigenvalue weighted by Crippen LogP contribution is 2.29. The molecule has 1 rings (SSSR count). The van der Waals surface area contributed by atoms with Crippen molar-refractivity contribution < 1.29 is 24.5 Å². The van der Waals surface area contributed by atoms with Gasteiger partial charge in [0.2, 0.25) is 5.91 Å². The van der Waals surface area contributed by atoms with Crippen LogP contribution in [-0.2, 0) is 9.53 Å². The summed E-state index contributed by atoms with van der Waals surface area (Å²) in [6, 6.07) is -0.581. The molecule has 8 heteroatoms. The number of nitrogens with one attached hydrogen (secondary N) is 2. The molecule has 1 aliphatic carbocycles. The fourth-order valence-electron chi connectivity index (χ4n) is 3.99. The summed E-state index contributed by atoms with van der Waals surface area (Å²) in [7, 11) is 0. The largest absolute Gasteiger partial charge is 0.444 e. The average Bonchev–Trinajstić information content (AvgIpc) is 2.64. The highest BCUT2D eigenvalue weighted by atomic mass is 16.6. The van der Waals surface area contributed by atoms with E-state index in [0.29, 0.717) is 24.8 Å². The Balaban J connectivity index is 2.82. The Morgan fingerprint density at radius 3 is 2.26 bits per heavy atom. The summed E-state index contributed by atoms with van der Waals surface area (Å²) in [6.07, 6.45) is 3.94. The number of hydrogen-bond acceptors (Lipinski definition) is 6. The smallest absolute Gasteiger partial charge is 0.407 e. The van der Waals surface area contributed by atoms with Gasteiger partial charge in [-0.25, -0.2) is 4.79 Å². The maximum absolute atomic E-state index is 12.5. The van der Waals surface area contributed by atoms with E-state index in [2.05, 4.69) is 24.5 Å². The molecule has 182 valence electrons. The molecule has 0 spiro atoms. The Morgan fingerprint density at radius 1 is 1.13 bits per heavy atom. The molecule has 4 atom stereocenters. The number of rotatable bonds is 11. The van der Waals surface area contributed by atoms with Gasteiger partial charge in [-0.1, -0.05) is 46.0 Å². The maximum atomic E-state index is 12.5. The molecule has 1 aliphatic rings. The second-order valence-corrected chi connectivity index (χ2v) is 10.4. The summed E-state index contributed by atoms with van der Waals surface area (Å²) in [5.74, 6) is -0.519. The summed E-state index contributed by atoms with van der Waals surface area (Å²) in [6.45, 7) is 9.94. The molecular formula is C23H45N3O5. The van der Waals surface area contributed by atoms with Gasteiger partial charge >= 0.3 is 6.09 Å². The molecule has 1 fully saturated rings. The molecule has 2 amide bonds. The first-order valence-corrected chi connectivity index (χ1v) is 11.8. The lowest BCUT2D eigenvalue weighted by Gasteiger charge is -2.32. The van der Waals surface area contributed by atoms with E-state index in [1.54, 1.807) is 20.8 Å². The van der Waals surface area contributed by atoms with E-state index >= 15 is 0 Å². The van der Waals surface area contributed by atoms with E-state index in [1.165, 1.54) is 6.42 Å². The van der Waals surface area contributed by atoms with Gasteiger partial charge in [0, 0.05) is 6.54 Å². The van der Waals surface area contributed by atoms with E-state index in [9.17, 15) is 19.8 Å². The topological polar surface area (TPSA) is 134 Å². The third kappa shape index (κ3) is 11.7. The summed E-state index contributed by atoms with van der Waals surface area (Å²) in [4.78, 5) is 24.9. The van der Waals surface area contributed by atoms with E-state index in [-0.39, 0.29) is 12.3 Å². The zero-order valence-electron chi connectivity index (χ0n) is 20.0. The summed E-state index contributed by atoms with van der Waals surface area (Å²) < 4.78 is 5.37. The molecular weight excluding hydrogens is 398 g/mol. The number of nitrogens with two attached hydrogens (primary N) is 1. The van der Waals surface area contributed by atoms with Crippen LogP contribution in [0.25, 0.3) is 0 Å². The number of aliphatic hydroxyl groups excluding tert-OH is 2. The lowest BCUT2D eigenvalue weighted by Crippen LogP contribution is -2.50. The summed E-state index contributed by atoms with van der Waals surface area (Å²) in [5, 5.41) is 26.5. The van der Waals surface area contributed by atoms with Gasteiger partial charge in [0.1, 0.15) is 11.8 Å². The van der Waals surface area contributed by atoms with Crippen LogP contribution in [0.1, 0.15) is 86.0 Å².